The molecule has 0 amide bonds. The highest BCUT2D eigenvalue weighted by Crippen LogP contribution is 2.14. The van der Waals surface area contributed by atoms with Crippen molar-refractivity contribution in [3.8, 4) is 0 Å². The highest BCUT2D eigenvalue weighted by molar-refractivity contribution is 7.71. The Bertz CT molecular complexity index is 370. The van der Waals surface area contributed by atoms with E-state index in [0.717, 1.165) is 0 Å². The molecule has 0 unspecified atom stereocenters. The third kappa shape index (κ3) is 4.00. The number of aromatic nitrogens is 3. The minimum absolute atomic E-state index is 0.0474. The van der Waals surface area contributed by atoms with E-state index in [1.54, 1.807) is 11.5 Å². The Morgan fingerprint density at radius 3 is 2.67 bits per heavy atom. The molecule has 15 heavy (non-hydrogen) atoms. The number of aryl methyl sites for hydroxylation is 1. The topological polar surface area (TPSA) is 42.8 Å². The molecule has 0 atom stereocenters. The molecule has 4 nitrogen and oxygen atoms in total. The van der Waals surface area contributed by atoms with Crippen molar-refractivity contribution in [3.63, 3.8) is 0 Å². The summed E-state index contributed by atoms with van der Waals surface area (Å²) in [7, 11) is 0. The van der Waals surface area contributed by atoms with Crippen molar-refractivity contribution >= 4 is 12.2 Å². The second-order valence-corrected chi connectivity index (χ2v) is 3.28. The average molecular weight is 241 g/mol. The number of rotatable bonds is 4. The summed E-state index contributed by atoms with van der Waals surface area (Å²) in [5.41, 5.74) is 0. The fourth-order valence-corrected chi connectivity index (χ4v) is 1.27. The minimum atomic E-state index is -4.28. The summed E-state index contributed by atoms with van der Waals surface area (Å²) < 4.78 is 41.5. The maximum Gasteiger partial charge on any atom is 0.411 e. The molecule has 0 fully saturated rings. The molecule has 8 heteroatoms. The second-order valence-electron chi connectivity index (χ2n) is 2.90. The van der Waals surface area contributed by atoms with Gasteiger partial charge in [0.2, 0.25) is 0 Å². The number of hydrogen-bond donors (Lipinski definition) is 1. The number of halogens is 3. The summed E-state index contributed by atoms with van der Waals surface area (Å²) in [6.45, 7) is 0.679. The summed E-state index contributed by atoms with van der Waals surface area (Å²) in [6.07, 6.45) is -4.28. The van der Waals surface area contributed by atoms with Crippen LogP contribution in [0.2, 0.25) is 0 Å². The van der Waals surface area contributed by atoms with Crippen LogP contribution in [0.5, 0.6) is 0 Å². The fraction of sp³-hybridized carbons (Fsp3) is 0.714. The number of hydrogen-bond acceptors (Lipinski definition) is 3. The van der Waals surface area contributed by atoms with Gasteiger partial charge in [-0.25, -0.2) is 0 Å². The molecular weight excluding hydrogens is 231 g/mol. The van der Waals surface area contributed by atoms with Gasteiger partial charge in [-0.2, -0.15) is 18.3 Å². The Morgan fingerprint density at radius 2 is 2.20 bits per heavy atom. The molecule has 1 N–H and O–H groups in total. The van der Waals surface area contributed by atoms with Crippen molar-refractivity contribution in [2.24, 2.45) is 0 Å². The first-order chi connectivity index (χ1) is 6.90. The third-order valence-electron chi connectivity index (χ3n) is 1.67. The molecule has 0 radical (unpaired) electrons. The maximum atomic E-state index is 11.7. The van der Waals surface area contributed by atoms with E-state index in [1.165, 1.54) is 0 Å². The molecule has 1 aromatic heterocycles. The first kappa shape index (κ1) is 12.2. The van der Waals surface area contributed by atoms with Gasteiger partial charge in [0, 0.05) is 6.54 Å². The number of H-pyrrole nitrogens is 1. The lowest BCUT2D eigenvalue weighted by Gasteiger charge is -2.08. The Kier molecular flexibility index (Phi) is 3.86. The van der Waals surface area contributed by atoms with Gasteiger partial charge in [0.25, 0.3) is 0 Å². The van der Waals surface area contributed by atoms with E-state index in [1.807, 2.05) is 0 Å². The van der Waals surface area contributed by atoms with E-state index >= 15 is 0 Å². The standard InChI is InChI=1S/C7H10F3N3OS/c1-5-11-12-6(15)13(5)2-3-14-4-7(8,9)10/h2-4H2,1H3,(H,12,15). The number of alkyl halides is 3. The van der Waals surface area contributed by atoms with Crippen molar-refractivity contribution < 1.29 is 17.9 Å². The molecule has 1 rings (SSSR count). The molecule has 0 aromatic carbocycles. The van der Waals surface area contributed by atoms with Gasteiger partial charge in [-0.1, -0.05) is 0 Å². The zero-order valence-electron chi connectivity index (χ0n) is 7.97. The van der Waals surface area contributed by atoms with Crippen LogP contribution in [0.15, 0.2) is 0 Å². The molecule has 0 saturated heterocycles. The lowest BCUT2D eigenvalue weighted by atomic mass is 10.6. The van der Waals surface area contributed by atoms with Crippen LogP contribution in [0.3, 0.4) is 0 Å². The molecule has 1 heterocycles. The summed E-state index contributed by atoms with van der Waals surface area (Å²) in [5.74, 6) is 0.621. The fourth-order valence-electron chi connectivity index (χ4n) is 1.00. The van der Waals surface area contributed by atoms with Gasteiger partial charge in [0.1, 0.15) is 12.4 Å². The molecule has 0 aliphatic carbocycles. The summed E-state index contributed by atoms with van der Waals surface area (Å²) >= 11 is 4.86. The van der Waals surface area contributed by atoms with Gasteiger partial charge in [0.15, 0.2) is 4.77 Å². The van der Waals surface area contributed by atoms with Gasteiger partial charge in [-0.15, -0.1) is 0 Å². The quantitative estimate of drug-likeness (QED) is 0.646. The summed E-state index contributed by atoms with van der Waals surface area (Å²) in [6, 6.07) is 0. The SMILES string of the molecule is Cc1n[nH]c(=S)n1CCOCC(F)(F)F. The van der Waals surface area contributed by atoms with Crippen molar-refractivity contribution in [1.82, 2.24) is 14.8 Å². The number of nitrogens with one attached hydrogen (secondary N) is 1. The van der Waals surface area contributed by atoms with Gasteiger partial charge in [0.05, 0.1) is 6.61 Å². The van der Waals surface area contributed by atoms with Gasteiger partial charge in [-0.05, 0) is 19.1 Å². The van der Waals surface area contributed by atoms with Crippen molar-refractivity contribution in [3.05, 3.63) is 10.6 Å². The van der Waals surface area contributed by atoms with E-state index in [-0.39, 0.29) is 13.2 Å². The van der Waals surface area contributed by atoms with Crippen LogP contribution >= 0.6 is 12.2 Å². The van der Waals surface area contributed by atoms with Crippen LogP contribution in [0.4, 0.5) is 13.2 Å². The van der Waals surface area contributed by atoms with Crippen LogP contribution in [0.1, 0.15) is 5.82 Å². The maximum absolute atomic E-state index is 11.7. The normalized spacial score (nSPS) is 12.0. The van der Waals surface area contributed by atoms with Gasteiger partial charge < -0.3 is 9.30 Å². The molecule has 0 saturated carbocycles. The van der Waals surface area contributed by atoms with E-state index in [4.69, 9.17) is 12.2 Å². The molecule has 0 bridgehead atoms. The zero-order valence-corrected chi connectivity index (χ0v) is 8.78. The van der Waals surface area contributed by atoms with Gasteiger partial charge >= 0.3 is 6.18 Å². The molecular formula is C7H10F3N3OS. The first-order valence-electron chi connectivity index (χ1n) is 4.16. The van der Waals surface area contributed by atoms with Crippen LogP contribution < -0.4 is 0 Å². The third-order valence-corrected chi connectivity index (χ3v) is 1.99. The predicted molar refractivity (Wildman–Crippen MR) is 49.0 cm³/mol. The van der Waals surface area contributed by atoms with Crippen molar-refractivity contribution in [2.75, 3.05) is 13.2 Å². The average Bonchev–Trinajstić information content (AvgIpc) is 2.40. The highest BCUT2D eigenvalue weighted by Gasteiger charge is 2.27. The Balaban J connectivity index is 2.36. The van der Waals surface area contributed by atoms with E-state index < -0.39 is 12.8 Å². The molecule has 1 aromatic rings. The number of ether oxygens (including phenoxy) is 1. The van der Waals surface area contributed by atoms with Crippen molar-refractivity contribution in [2.45, 2.75) is 19.6 Å². The summed E-state index contributed by atoms with van der Waals surface area (Å²) in [4.78, 5) is 0. The smallest absolute Gasteiger partial charge is 0.370 e. The van der Waals surface area contributed by atoms with Crippen LogP contribution in [-0.4, -0.2) is 34.2 Å². The molecule has 0 spiro atoms. The Hall–Kier alpha value is -0.890. The van der Waals surface area contributed by atoms with E-state index in [0.29, 0.717) is 10.6 Å². The zero-order chi connectivity index (χ0) is 11.5. The van der Waals surface area contributed by atoms with Gasteiger partial charge in [-0.3, -0.25) is 5.10 Å². The molecule has 0 aliphatic heterocycles. The predicted octanol–water partition coefficient (Wildman–Crippen LogP) is 1.83. The molecule has 86 valence electrons. The number of nitrogens with zero attached hydrogens (tertiary/aromatic N) is 2. The largest absolute Gasteiger partial charge is 0.411 e. The van der Waals surface area contributed by atoms with Crippen LogP contribution in [0.25, 0.3) is 0 Å². The minimum Gasteiger partial charge on any atom is -0.370 e. The Morgan fingerprint density at radius 1 is 1.53 bits per heavy atom. The highest BCUT2D eigenvalue weighted by atomic mass is 32.1. The summed E-state index contributed by atoms with van der Waals surface area (Å²) in [5, 5.41) is 6.34. The lowest BCUT2D eigenvalue weighted by Crippen LogP contribution is -2.19. The van der Waals surface area contributed by atoms with E-state index in [9.17, 15) is 13.2 Å². The van der Waals surface area contributed by atoms with E-state index in [2.05, 4.69) is 14.9 Å². The molecule has 0 aliphatic rings. The Labute approximate surface area is 89.1 Å². The van der Waals surface area contributed by atoms with Crippen LogP contribution in [-0.2, 0) is 11.3 Å². The number of aromatic amines is 1. The second kappa shape index (κ2) is 4.75. The monoisotopic (exact) mass is 241 g/mol. The lowest BCUT2D eigenvalue weighted by molar-refractivity contribution is -0.174. The first-order valence-corrected chi connectivity index (χ1v) is 4.57. The van der Waals surface area contributed by atoms with Crippen LogP contribution in [0, 0.1) is 11.7 Å². The van der Waals surface area contributed by atoms with Crippen molar-refractivity contribution in [1.29, 1.82) is 0 Å².